The summed E-state index contributed by atoms with van der Waals surface area (Å²) in [6, 6.07) is 2.73. The molecular formula is C9H12N4O2. The van der Waals surface area contributed by atoms with Gasteiger partial charge < -0.3 is 10.6 Å². The Morgan fingerprint density at radius 3 is 3.00 bits per heavy atom. The highest BCUT2D eigenvalue weighted by atomic mass is 16.2. The van der Waals surface area contributed by atoms with Crippen LogP contribution in [0.5, 0.6) is 0 Å². The first-order chi connectivity index (χ1) is 7.22. The topological polar surface area (TPSA) is 86.9 Å². The Hall–Kier alpha value is -1.95. The summed E-state index contributed by atoms with van der Waals surface area (Å²) in [5, 5.41) is 11.2. The number of anilines is 1. The Morgan fingerprint density at radius 1 is 1.60 bits per heavy atom. The van der Waals surface area contributed by atoms with Crippen molar-refractivity contribution in [2.24, 2.45) is 0 Å². The molecule has 0 unspecified atom stereocenters. The SMILES string of the molecule is C=CCNCC(=O)Nc1ccc(=O)[nH]n1. The van der Waals surface area contributed by atoms with E-state index in [-0.39, 0.29) is 18.0 Å². The number of nitrogens with one attached hydrogen (secondary N) is 3. The molecule has 0 aliphatic carbocycles. The molecule has 80 valence electrons. The molecule has 0 radical (unpaired) electrons. The maximum absolute atomic E-state index is 11.2. The van der Waals surface area contributed by atoms with E-state index in [1.807, 2.05) is 0 Å². The van der Waals surface area contributed by atoms with E-state index in [1.54, 1.807) is 6.08 Å². The third kappa shape index (κ3) is 4.19. The van der Waals surface area contributed by atoms with E-state index in [0.717, 1.165) is 0 Å². The van der Waals surface area contributed by atoms with E-state index in [1.165, 1.54) is 12.1 Å². The van der Waals surface area contributed by atoms with Gasteiger partial charge in [0.15, 0.2) is 5.82 Å². The normalized spacial score (nSPS) is 9.60. The molecule has 15 heavy (non-hydrogen) atoms. The average Bonchev–Trinajstić information content (AvgIpc) is 2.22. The van der Waals surface area contributed by atoms with Crippen LogP contribution < -0.4 is 16.2 Å². The van der Waals surface area contributed by atoms with Gasteiger partial charge in [0, 0.05) is 12.6 Å². The molecule has 0 aliphatic heterocycles. The number of hydrogen-bond donors (Lipinski definition) is 3. The van der Waals surface area contributed by atoms with Crippen LogP contribution in [-0.2, 0) is 4.79 Å². The van der Waals surface area contributed by atoms with E-state index in [2.05, 4.69) is 27.4 Å². The summed E-state index contributed by atoms with van der Waals surface area (Å²) in [6.07, 6.45) is 1.66. The highest BCUT2D eigenvalue weighted by Crippen LogP contribution is 1.94. The Kier molecular flexibility index (Phi) is 4.24. The lowest BCUT2D eigenvalue weighted by Crippen LogP contribution is -2.28. The van der Waals surface area contributed by atoms with Crippen LogP contribution in [0.3, 0.4) is 0 Å². The monoisotopic (exact) mass is 208 g/mol. The van der Waals surface area contributed by atoms with Crippen LogP contribution >= 0.6 is 0 Å². The molecule has 6 nitrogen and oxygen atoms in total. The Bertz CT molecular complexity index is 379. The number of hydrogen-bond acceptors (Lipinski definition) is 4. The number of carbonyl (C=O) groups is 1. The number of nitrogens with zero attached hydrogens (tertiary/aromatic N) is 1. The first-order valence-electron chi connectivity index (χ1n) is 4.39. The van der Waals surface area contributed by atoms with Gasteiger partial charge in [-0.3, -0.25) is 9.59 Å². The zero-order valence-electron chi connectivity index (χ0n) is 8.12. The maximum Gasteiger partial charge on any atom is 0.264 e. The van der Waals surface area contributed by atoms with Crippen LogP contribution in [-0.4, -0.2) is 29.2 Å². The summed E-state index contributed by atoms with van der Waals surface area (Å²) >= 11 is 0. The first-order valence-corrected chi connectivity index (χ1v) is 4.39. The minimum atomic E-state index is -0.308. The van der Waals surface area contributed by atoms with Crippen LogP contribution in [0.4, 0.5) is 5.82 Å². The van der Waals surface area contributed by atoms with Crippen LogP contribution in [0.15, 0.2) is 29.6 Å². The third-order valence-electron chi connectivity index (χ3n) is 1.52. The second kappa shape index (κ2) is 5.71. The summed E-state index contributed by atoms with van der Waals surface area (Å²) in [4.78, 5) is 21.9. The van der Waals surface area contributed by atoms with Gasteiger partial charge in [-0.15, -0.1) is 6.58 Å². The van der Waals surface area contributed by atoms with Gasteiger partial charge in [-0.1, -0.05) is 6.08 Å². The van der Waals surface area contributed by atoms with Gasteiger partial charge in [0.05, 0.1) is 6.54 Å². The van der Waals surface area contributed by atoms with Gasteiger partial charge in [-0.05, 0) is 6.07 Å². The van der Waals surface area contributed by atoms with Gasteiger partial charge >= 0.3 is 0 Å². The van der Waals surface area contributed by atoms with Crippen molar-refractivity contribution in [1.82, 2.24) is 15.5 Å². The van der Waals surface area contributed by atoms with Crippen LogP contribution in [0.25, 0.3) is 0 Å². The van der Waals surface area contributed by atoms with Crippen LogP contribution in [0, 0.1) is 0 Å². The minimum Gasteiger partial charge on any atom is -0.308 e. The van der Waals surface area contributed by atoms with E-state index >= 15 is 0 Å². The molecule has 0 atom stereocenters. The van der Waals surface area contributed by atoms with Crippen molar-refractivity contribution >= 4 is 11.7 Å². The van der Waals surface area contributed by atoms with Crippen molar-refractivity contribution in [2.75, 3.05) is 18.4 Å². The molecule has 3 N–H and O–H groups in total. The lowest BCUT2D eigenvalue weighted by atomic mass is 10.5. The molecule has 1 heterocycles. The van der Waals surface area contributed by atoms with Crippen molar-refractivity contribution in [2.45, 2.75) is 0 Å². The molecule has 0 aromatic carbocycles. The van der Waals surface area contributed by atoms with Crippen LogP contribution in [0.1, 0.15) is 0 Å². The highest BCUT2D eigenvalue weighted by Gasteiger charge is 2.01. The molecule has 1 aromatic rings. The van der Waals surface area contributed by atoms with Gasteiger partial charge in [-0.2, -0.15) is 5.10 Å². The second-order valence-electron chi connectivity index (χ2n) is 2.77. The Morgan fingerprint density at radius 2 is 2.40 bits per heavy atom. The summed E-state index contributed by atoms with van der Waals surface area (Å²) in [5.41, 5.74) is -0.308. The standard InChI is InChI=1S/C9H12N4O2/c1-2-5-10-6-9(15)11-7-3-4-8(14)13-12-7/h2-4,10H,1,5-6H2,(H,13,14)(H,11,12,15). The number of amides is 1. The number of aromatic nitrogens is 2. The minimum absolute atomic E-state index is 0.173. The molecule has 0 saturated carbocycles. The fourth-order valence-corrected chi connectivity index (χ4v) is 0.889. The Labute approximate surface area is 86.4 Å². The highest BCUT2D eigenvalue weighted by molar-refractivity contribution is 5.91. The number of rotatable bonds is 5. The van der Waals surface area contributed by atoms with E-state index in [9.17, 15) is 9.59 Å². The molecule has 6 heteroatoms. The van der Waals surface area contributed by atoms with E-state index < -0.39 is 0 Å². The molecule has 0 bridgehead atoms. The van der Waals surface area contributed by atoms with Crippen molar-refractivity contribution in [3.63, 3.8) is 0 Å². The molecule has 1 amide bonds. The smallest absolute Gasteiger partial charge is 0.264 e. The van der Waals surface area contributed by atoms with Crippen molar-refractivity contribution in [1.29, 1.82) is 0 Å². The van der Waals surface area contributed by atoms with Crippen molar-refractivity contribution in [3.05, 3.63) is 35.1 Å². The summed E-state index contributed by atoms with van der Waals surface area (Å²) < 4.78 is 0. The second-order valence-corrected chi connectivity index (χ2v) is 2.77. The predicted octanol–water partition coefficient (Wildman–Crippen LogP) is -0.516. The summed E-state index contributed by atoms with van der Waals surface area (Å²) in [5.74, 6) is 0.0939. The fraction of sp³-hybridized carbons (Fsp3) is 0.222. The number of carbonyl (C=O) groups excluding carboxylic acids is 1. The number of aromatic amines is 1. The average molecular weight is 208 g/mol. The zero-order valence-corrected chi connectivity index (χ0v) is 8.12. The summed E-state index contributed by atoms with van der Waals surface area (Å²) in [7, 11) is 0. The fourth-order valence-electron chi connectivity index (χ4n) is 0.889. The lowest BCUT2D eigenvalue weighted by Gasteiger charge is -2.03. The van der Waals surface area contributed by atoms with E-state index in [4.69, 9.17) is 0 Å². The molecule has 1 aromatic heterocycles. The predicted molar refractivity (Wildman–Crippen MR) is 56.6 cm³/mol. The first kappa shape index (κ1) is 11.1. The van der Waals surface area contributed by atoms with Crippen LogP contribution in [0.2, 0.25) is 0 Å². The van der Waals surface area contributed by atoms with Gasteiger partial charge in [0.2, 0.25) is 5.91 Å². The lowest BCUT2D eigenvalue weighted by molar-refractivity contribution is -0.115. The van der Waals surface area contributed by atoms with Crippen molar-refractivity contribution < 1.29 is 4.79 Å². The van der Waals surface area contributed by atoms with Gasteiger partial charge in [0.25, 0.3) is 5.56 Å². The van der Waals surface area contributed by atoms with Gasteiger partial charge in [-0.25, -0.2) is 5.10 Å². The molecule has 0 fully saturated rings. The molecular weight excluding hydrogens is 196 g/mol. The maximum atomic E-state index is 11.2. The third-order valence-corrected chi connectivity index (χ3v) is 1.52. The largest absolute Gasteiger partial charge is 0.308 e. The molecule has 0 spiro atoms. The van der Waals surface area contributed by atoms with E-state index in [0.29, 0.717) is 12.4 Å². The molecule has 0 saturated heterocycles. The molecule has 0 aliphatic rings. The quantitative estimate of drug-likeness (QED) is 0.449. The number of H-pyrrole nitrogens is 1. The molecule has 1 rings (SSSR count). The van der Waals surface area contributed by atoms with Crippen molar-refractivity contribution in [3.8, 4) is 0 Å². The van der Waals surface area contributed by atoms with Gasteiger partial charge in [0.1, 0.15) is 0 Å². The summed E-state index contributed by atoms with van der Waals surface area (Å²) in [6.45, 7) is 4.24. The Balaban J connectivity index is 2.40. The zero-order chi connectivity index (χ0) is 11.1.